The van der Waals surface area contributed by atoms with Crippen molar-refractivity contribution >= 4 is 33.0 Å². The number of hydrogen-bond acceptors (Lipinski definition) is 2. The molecule has 0 unspecified atom stereocenters. The van der Waals surface area contributed by atoms with E-state index in [1.807, 2.05) is 29.8 Å². The van der Waals surface area contributed by atoms with Gasteiger partial charge in [-0.3, -0.25) is 0 Å². The molecule has 0 bridgehead atoms. The smallest absolute Gasteiger partial charge is 0.156 e. The normalized spacial score (nSPS) is 11.2. The van der Waals surface area contributed by atoms with E-state index < -0.39 is 0 Å². The topological polar surface area (TPSA) is 29.3 Å². The SMILES string of the molecule is CNCCCc1nc(Cl)c2c(Br)cccn12. The number of imidazole rings is 1. The van der Waals surface area contributed by atoms with E-state index in [1.165, 1.54) is 0 Å². The molecule has 16 heavy (non-hydrogen) atoms. The van der Waals surface area contributed by atoms with Crippen molar-refractivity contribution in [2.75, 3.05) is 13.6 Å². The summed E-state index contributed by atoms with van der Waals surface area (Å²) in [5.41, 5.74) is 0.948. The van der Waals surface area contributed by atoms with Crippen molar-refractivity contribution < 1.29 is 0 Å². The van der Waals surface area contributed by atoms with Crippen LogP contribution in [0.15, 0.2) is 22.8 Å². The van der Waals surface area contributed by atoms with E-state index in [1.54, 1.807) is 0 Å². The Kier molecular flexibility index (Phi) is 3.84. The number of hydrogen-bond donors (Lipinski definition) is 1. The van der Waals surface area contributed by atoms with E-state index in [0.717, 1.165) is 35.2 Å². The maximum Gasteiger partial charge on any atom is 0.156 e. The summed E-state index contributed by atoms with van der Waals surface area (Å²) in [6.45, 7) is 0.987. The van der Waals surface area contributed by atoms with Crippen molar-refractivity contribution in [1.29, 1.82) is 0 Å². The maximum absolute atomic E-state index is 6.12. The second kappa shape index (κ2) is 5.17. The summed E-state index contributed by atoms with van der Waals surface area (Å²) in [6.07, 6.45) is 3.97. The highest BCUT2D eigenvalue weighted by atomic mass is 79.9. The highest BCUT2D eigenvalue weighted by Gasteiger charge is 2.10. The van der Waals surface area contributed by atoms with Gasteiger partial charge in [-0.25, -0.2) is 4.98 Å². The van der Waals surface area contributed by atoms with Crippen LogP contribution in [-0.2, 0) is 6.42 Å². The zero-order valence-corrected chi connectivity index (χ0v) is 11.3. The minimum Gasteiger partial charge on any atom is -0.320 e. The molecule has 5 heteroatoms. The lowest BCUT2D eigenvalue weighted by atomic mass is 10.3. The van der Waals surface area contributed by atoms with Gasteiger partial charge in [0.15, 0.2) is 5.15 Å². The molecule has 0 aliphatic carbocycles. The molecular weight excluding hydrogens is 289 g/mol. The van der Waals surface area contributed by atoms with Crippen LogP contribution in [0.2, 0.25) is 5.15 Å². The van der Waals surface area contributed by atoms with Crippen LogP contribution in [0.25, 0.3) is 5.52 Å². The summed E-state index contributed by atoms with van der Waals surface area (Å²) in [5.74, 6) is 1.01. The summed E-state index contributed by atoms with van der Waals surface area (Å²) < 4.78 is 3.02. The Morgan fingerprint density at radius 3 is 3.12 bits per heavy atom. The second-order valence-electron chi connectivity index (χ2n) is 3.60. The molecule has 0 fully saturated rings. The van der Waals surface area contributed by atoms with Crippen molar-refractivity contribution in [1.82, 2.24) is 14.7 Å². The van der Waals surface area contributed by atoms with Gasteiger partial charge >= 0.3 is 0 Å². The molecule has 0 radical (unpaired) electrons. The molecular formula is C11H13BrClN3. The number of aromatic nitrogens is 2. The Bertz CT molecular complexity index is 495. The summed E-state index contributed by atoms with van der Waals surface area (Å²) in [7, 11) is 1.95. The molecule has 2 aromatic heterocycles. The monoisotopic (exact) mass is 301 g/mol. The Balaban J connectivity index is 2.36. The molecule has 0 spiro atoms. The lowest BCUT2D eigenvalue weighted by molar-refractivity contribution is 0.701. The van der Waals surface area contributed by atoms with E-state index in [0.29, 0.717) is 5.15 Å². The molecule has 2 rings (SSSR count). The summed E-state index contributed by atoms with van der Waals surface area (Å²) in [6, 6.07) is 3.96. The van der Waals surface area contributed by atoms with Crippen LogP contribution >= 0.6 is 27.5 Å². The highest BCUT2D eigenvalue weighted by molar-refractivity contribution is 9.10. The summed E-state index contributed by atoms with van der Waals surface area (Å²) in [5, 5.41) is 3.69. The van der Waals surface area contributed by atoms with Gasteiger partial charge in [0, 0.05) is 17.1 Å². The number of pyridine rings is 1. The van der Waals surface area contributed by atoms with Gasteiger partial charge in [-0.1, -0.05) is 11.6 Å². The summed E-state index contributed by atoms with van der Waals surface area (Å²) in [4.78, 5) is 4.39. The fraction of sp³-hybridized carbons (Fsp3) is 0.364. The molecule has 0 aliphatic rings. The maximum atomic E-state index is 6.12. The highest BCUT2D eigenvalue weighted by Crippen LogP contribution is 2.26. The third kappa shape index (κ3) is 2.24. The third-order valence-electron chi connectivity index (χ3n) is 2.47. The predicted molar refractivity (Wildman–Crippen MR) is 70.1 cm³/mol. The molecule has 0 saturated carbocycles. The van der Waals surface area contributed by atoms with Crippen LogP contribution in [0.3, 0.4) is 0 Å². The van der Waals surface area contributed by atoms with Crippen LogP contribution in [0.4, 0.5) is 0 Å². The van der Waals surface area contributed by atoms with Crippen molar-refractivity contribution in [3.05, 3.63) is 33.8 Å². The van der Waals surface area contributed by atoms with Gasteiger partial charge in [0.1, 0.15) is 5.82 Å². The van der Waals surface area contributed by atoms with Crippen LogP contribution < -0.4 is 5.32 Å². The van der Waals surface area contributed by atoms with Crippen molar-refractivity contribution in [2.24, 2.45) is 0 Å². The van der Waals surface area contributed by atoms with Crippen LogP contribution in [0.5, 0.6) is 0 Å². The van der Waals surface area contributed by atoms with Gasteiger partial charge in [0.05, 0.1) is 5.52 Å². The minimum absolute atomic E-state index is 0.562. The Labute approximate surface area is 108 Å². The standard InChI is InChI=1S/C11H13BrClN3/c1-14-6-2-5-9-15-11(13)10-8(12)4-3-7-16(9)10/h3-4,7,14H,2,5-6H2,1H3. The zero-order chi connectivity index (χ0) is 11.5. The third-order valence-corrected chi connectivity index (χ3v) is 3.38. The van der Waals surface area contributed by atoms with Crippen molar-refractivity contribution in [2.45, 2.75) is 12.8 Å². The molecule has 2 heterocycles. The van der Waals surface area contributed by atoms with Gasteiger partial charge in [-0.15, -0.1) is 0 Å². The predicted octanol–water partition coefficient (Wildman–Crippen LogP) is 2.90. The van der Waals surface area contributed by atoms with Gasteiger partial charge in [-0.2, -0.15) is 0 Å². The quantitative estimate of drug-likeness (QED) is 0.880. The Hall–Kier alpha value is -0.580. The molecule has 0 aromatic carbocycles. The van der Waals surface area contributed by atoms with Crippen LogP contribution in [0, 0.1) is 0 Å². The number of nitrogens with one attached hydrogen (secondary N) is 1. The van der Waals surface area contributed by atoms with Gasteiger partial charge < -0.3 is 9.72 Å². The van der Waals surface area contributed by atoms with E-state index in [2.05, 4.69) is 26.2 Å². The fourth-order valence-corrected chi connectivity index (χ4v) is 2.65. The first-order valence-corrected chi connectivity index (χ1v) is 6.36. The molecule has 0 saturated heterocycles. The van der Waals surface area contributed by atoms with Crippen molar-refractivity contribution in [3.63, 3.8) is 0 Å². The number of nitrogens with zero attached hydrogens (tertiary/aromatic N) is 2. The molecule has 0 aliphatic heterocycles. The van der Waals surface area contributed by atoms with Crippen LogP contribution in [-0.4, -0.2) is 23.0 Å². The number of rotatable bonds is 4. The van der Waals surface area contributed by atoms with Crippen LogP contribution in [0.1, 0.15) is 12.2 Å². The van der Waals surface area contributed by atoms with E-state index in [9.17, 15) is 0 Å². The van der Waals surface area contributed by atoms with Gasteiger partial charge in [-0.05, 0) is 48.1 Å². The van der Waals surface area contributed by atoms with E-state index in [4.69, 9.17) is 11.6 Å². The molecule has 0 atom stereocenters. The molecule has 86 valence electrons. The number of aryl methyl sites for hydroxylation is 1. The van der Waals surface area contributed by atoms with Gasteiger partial charge in [0.2, 0.25) is 0 Å². The number of fused-ring (bicyclic) bond motifs is 1. The van der Waals surface area contributed by atoms with Crippen molar-refractivity contribution in [3.8, 4) is 0 Å². The van der Waals surface area contributed by atoms with E-state index >= 15 is 0 Å². The average molecular weight is 303 g/mol. The second-order valence-corrected chi connectivity index (χ2v) is 4.81. The van der Waals surface area contributed by atoms with Gasteiger partial charge in [0.25, 0.3) is 0 Å². The summed E-state index contributed by atoms with van der Waals surface area (Å²) >= 11 is 9.60. The lowest BCUT2D eigenvalue weighted by Crippen LogP contribution is -2.09. The largest absolute Gasteiger partial charge is 0.320 e. The molecule has 0 amide bonds. The fourth-order valence-electron chi connectivity index (χ4n) is 1.71. The lowest BCUT2D eigenvalue weighted by Gasteiger charge is -2.01. The first-order chi connectivity index (χ1) is 7.74. The minimum atomic E-state index is 0.562. The first kappa shape index (κ1) is 11.9. The van der Waals surface area contributed by atoms with E-state index in [-0.39, 0.29) is 0 Å². The zero-order valence-electron chi connectivity index (χ0n) is 9.00. The average Bonchev–Trinajstić information content (AvgIpc) is 2.58. The molecule has 1 N–H and O–H groups in total. The Morgan fingerprint density at radius 2 is 2.38 bits per heavy atom. The first-order valence-electron chi connectivity index (χ1n) is 5.19. The Morgan fingerprint density at radius 1 is 1.56 bits per heavy atom. The molecule has 3 nitrogen and oxygen atoms in total. The molecule has 2 aromatic rings. The number of halogens is 2.